The molecule has 13 nitrogen and oxygen atoms in total. The van der Waals surface area contributed by atoms with Crippen LogP contribution in [0.1, 0.15) is 78.1 Å². The quantitative estimate of drug-likeness (QED) is 0.261. The second kappa shape index (κ2) is 15.8. The molecule has 0 radical (unpaired) electrons. The lowest BCUT2D eigenvalue weighted by atomic mass is 9.98. The molecule has 1 aliphatic heterocycles. The van der Waals surface area contributed by atoms with Crippen molar-refractivity contribution in [2.24, 2.45) is 5.92 Å². The average molecular weight is 671 g/mol. The summed E-state index contributed by atoms with van der Waals surface area (Å²) in [6.07, 6.45) is 2.19. The van der Waals surface area contributed by atoms with Crippen molar-refractivity contribution < 1.29 is 19.2 Å². The first-order valence-electron chi connectivity index (χ1n) is 17.1. The zero-order chi connectivity index (χ0) is 35.1. The molecule has 2 aromatic heterocycles. The summed E-state index contributed by atoms with van der Waals surface area (Å²) in [6.45, 7) is 9.43. The summed E-state index contributed by atoms with van der Waals surface area (Å²) in [5.41, 5.74) is 4.56. The van der Waals surface area contributed by atoms with Crippen LogP contribution in [-0.4, -0.2) is 80.1 Å². The number of aryl methyl sites for hydroxylation is 3. The SMILES string of the molecule is CC[C@H](C)[C@@H]1NC(=O)CCCN(C(=O)c2ccc(-n3nc(C)cc3C)cc2)CCCNC(=O)c2ccc3[nH]c(=O)n(c3c2)CCCNC1=O. The predicted molar refractivity (Wildman–Crippen MR) is 187 cm³/mol. The van der Waals surface area contributed by atoms with Crippen LogP contribution in [-0.2, 0) is 16.1 Å². The third-order valence-corrected chi connectivity index (χ3v) is 9.09. The van der Waals surface area contributed by atoms with E-state index in [0.717, 1.165) is 17.1 Å². The first-order valence-corrected chi connectivity index (χ1v) is 17.1. The number of carbonyl (C=O) groups is 4. The van der Waals surface area contributed by atoms with Gasteiger partial charge in [-0.2, -0.15) is 5.10 Å². The van der Waals surface area contributed by atoms with E-state index in [1.807, 2.05) is 50.6 Å². The molecule has 0 unspecified atom stereocenters. The molecule has 2 bridgehead atoms. The number of aromatic amines is 1. The van der Waals surface area contributed by atoms with E-state index >= 15 is 0 Å². The van der Waals surface area contributed by atoms with Gasteiger partial charge in [-0.1, -0.05) is 20.3 Å². The summed E-state index contributed by atoms with van der Waals surface area (Å²) < 4.78 is 3.38. The van der Waals surface area contributed by atoms with Crippen molar-refractivity contribution in [2.45, 2.75) is 72.4 Å². The van der Waals surface area contributed by atoms with Crippen LogP contribution in [0.4, 0.5) is 0 Å². The first-order chi connectivity index (χ1) is 23.5. The Hall–Kier alpha value is -5.20. The molecule has 5 rings (SSSR count). The smallest absolute Gasteiger partial charge is 0.326 e. The molecular formula is C36H46N8O5. The topological polar surface area (TPSA) is 163 Å². The number of benzene rings is 2. The summed E-state index contributed by atoms with van der Waals surface area (Å²) in [6, 6.07) is 13.6. The van der Waals surface area contributed by atoms with E-state index in [4.69, 9.17) is 0 Å². The molecule has 0 aliphatic carbocycles. The van der Waals surface area contributed by atoms with E-state index in [2.05, 4.69) is 26.0 Å². The van der Waals surface area contributed by atoms with Crippen LogP contribution in [0, 0.1) is 19.8 Å². The van der Waals surface area contributed by atoms with Gasteiger partial charge in [0.2, 0.25) is 11.8 Å². The van der Waals surface area contributed by atoms with Crippen LogP contribution in [0.25, 0.3) is 16.7 Å². The highest BCUT2D eigenvalue weighted by Gasteiger charge is 2.26. The van der Waals surface area contributed by atoms with Crippen LogP contribution in [0.3, 0.4) is 0 Å². The third-order valence-electron chi connectivity index (χ3n) is 9.09. The van der Waals surface area contributed by atoms with Crippen molar-refractivity contribution in [3.8, 4) is 5.69 Å². The van der Waals surface area contributed by atoms with Gasteiger partial charge >= 0.3 is 5.69 Å². The summed E-state index contributed by atoms with van der Waals surface area (Å²) in [5.74, 6) is -1.11. The number of imidazole rings is 1. The highest BCUT2D eigenvalue weighted by Crippen LogP contribution is 2.17. The largest absolute Gasteiger partial charge is 0.354 e. The molecule has 3 heterocycles. The number of fused-ring (bicyclic) bond motifs is 1. The molecule has 260 valence electrons. The van der Waals surface area contributed by atoms with Gasteiger partial charge in [-0.15, -0.1) is 0 Å². The molecular weight excluding hydrogens is 624 g/mol. The van der Waals surface area contributed by atoms with Crippen LogP contribution in [0.2, 0.25) is 0 Å². The van der Waals surface area contributed by atoms with Gasteiger partial charge < -0.3 is 25.8 Å². The molecule has 1 aliphatic rings. The minimum atomic E-state index is -0.708. The molecule has 4 N–H and O–H groups in total. The monoisotopic (exact) mass is 670 g/mol. The highest BCUT2D eigenvalue weighted by molar-refractivity contribution is 5.97. The average Bonchev–Trinajstić information content (AvgIpc) is 3.60. The van der Waals surface area contributed by atoms with Gasteiger partial charge in [-0.05, 0) is 87.6 Å². The zero-order valence-electron chi connectivity index (χ0n) is 28.7. The second-order valence-corrected chi connectivity index (χ2v) is 12.8. The maximum absolute atomic E-state index is 13.8. The van der Waals surface area contributed by atoms with E-state index in [0.29, 0.717) is 80.6 Å². The molecule has 4 aromatic rings. The fourth-order valence-electron chi connectivity index (χ4n) is 6.16. The Balaban J connectivity index is 1.35. The predicted octanol–water partition coefficient (Wildman–Crippen LogP) is 3.23. The Morgan fingerprint density at radius 1 is 0.918 bits per heavy atom. The molecule has 0 fully saturated rings. The number of aromatic nitrogens is 4. The minimum absolute atomic E-state index is 0.0965. The van der Waals surface area contributed by atoms with Crippen LogP contribution >= 0.6 is 0 Å². The normalized spacial score (nSPS) is 18.0. The molecule has 0 saturated carbocycles. The number of H-pyrrole nitrogens is 1. The van der Waals surface area contributed by atoms with Crippen molar-refractivity contribution in [1.82, 2.24) is 40.2 Å². The molecule has 13 heteroatoms. The number of carbonyl (C=O) groups excluding carboxylic acids is 4. The van der Waals surface area contributed by atoms with Crippen LogP contribution in [0.15, 0.2) is 53.3 Å². The lowest BCUT2D eigenvalue weighted by molar-refractivity contribution is -0.130. The van der Waals surface area contributed by atoms with Crippen molar-refractivity contribution in [1.29, 1.82) is 0 Å². The lowest BCUT2D eigenvalue weighted by Crippen LogP contribution is -2.50. The second-order valence-electron chi connectivity index (χ2n) is 12.8. The maximum Gasteiger partial charge on any atom is 0.326 e. The van der Waals surface area contributed by atoms with E-state index < -0.39 is 6.04 Å². The van der Waals surface area contributed by atoms with E-state index in [1.165, 1.54) is 0 Å². The van der Waals surface area contributed by atoms with Crippen molar-refractivity contribution >= 4 is 34.7 Å². The number of amides is 4. The number of hydrogen-bond donors (Lipinski definition) is 4. The molecule has 49 heavy (non-hydrogen) atoms. The maximum atomic E-state index is 13.8. The summed E-state index contributed by atoms with van der Waals surface area (Å²) in [7, 11) is 0. The Morgan fingerprint density at radius 2 is 1.63 bits per heavy atom. The number of nitrogens with one attached hydrogen (secondary N) is 4. The zero-order valence-corrected chi connectivity index (χ0v) is 28.7. The van der Waals surface area contributed by atoms with Gasteiger partial charge in [0.1, 0.15) is 6.04 Å². The molecule has 2 atom stereocenters. The van der Waals surface area contributed by atoms with Gasteiger partial charge in [0.15, 0.2) is 0 Å². The number of nitrogens with zero attached hydrogens (tertiary/aromatic N) is 4. The van der Waals surface area contributed by atoms with E-state index in [1.54, 1.807) is 39.8 Å². The first kappa shape index (κ1) is 35.1. The Bertz CT molecular complexity index is 1870. The highest BCUT2D eigenvalue weighted by atomic mass is 16.2. The van der Waals surface area contributed by atoms with Gasteiger partial charge in [0, 0.05) is 56.0 Å². The summed E-state index contributed by atoms with van der Waals surface area (Å²) >= 11 is 0. The van der Waals surface area contributed by atoms with Crippen molar-refractivity contribution in [3.63, 3.8) is 0 Å². The fourth-order valence-corrected chi connectivity index (χ4v) is 6.16. The standard InChI is InChI=1S/C36H46N8O5/c1-5-23(2)32-34(47)38-17-8-20-43-30-22-27(12-15-29(30)39-36(43)49)33(46)37-16-7-19-42(18-6-9-31(45)40-32)35(48)26-10-13-28(14-11-26)44-25(4)21-24(3)41-44/h10-15,21-23,32H,5-9,16-20H2,1-4H3,(H,37,46)(H,38,47)(H,39,49)(H,40,45)/t23-,32-/m0/s1. The van der Waals surface area contributed by atoms with Crippen LogP contribution in [0.5, 0.6) is 0 Å². The summed E-state index contributed by atoms with van der Waals surface area (Å²) in [4.78, 5) is 70.3. The Morgan fingerprint density at radius 3 is 2.35 bits per heavy atom. The number of rotatable bonds is 4. The van der Waals surface area contributed by atoms with E-state index in [9.17, 15) is 24.0 Å². The summed E-state index contributed by atoms with van der Waals surface area (Å²) in [5, 5.41) is 13.3. The third kappa shape index (κ3) is 8.45. The van der Waals surface area contributed by atoms with Gasteiger partial charge in [0.05, 0.1) is 22.4 Å². The molecule has 0 saturated heterocycles. The van der Waals surface area contributed by atoms with E-state index in [-0.39, 0.29) is 41.7 Å². The van der Waals surface area contributed by atoms with Crippen molar-refractivity contribution in [2.75, 3.05) is 26.2 Å². The lowest BCUT2D eigenvalue weighted by Gasteiger charge is -2.25. The molecule has 2 aromatic carbocycles. The Kier molecular flexibility index (Phi) is 11.3. The minimum Gasteiger partial charge on any atom is -0.354 e. The number of hydrogen-bond acceptors (Lipinski definition) is 6. The van der Waals surface area contributed by atoms with Gasteiger partial charge in [0.25, 0.3) is 11.8 Å². The Labute approximate surface area is 285 Å². The van der Waals surface area contributed by atoms with Gasteiger partial charge in [-0.25, -0.2) is 9.48 Å². The van der Waals surface area contributed by atoms with Gasteiger partial charge in [-0.3, -0.25) is 23.7 Å². The van der Waals surface area contributed by atoms with Crippen molar-refractivity contribution in [3.05, 3.63) is 81.5 Å². The fraction of sp³-hybridized carbons (Fsp3) is 0.444. The van der Waals surface area contributed by atoms with Crippen LogP contribution < -0.4 is 21.6 Å². The molecule has 0 spiro atoms. The molecule has 4 amide bonds.